The number of hydrogen-bond donors (Lipinski definition) is 2. The number of nitrogens with one attached hydrogen (secondary N) is 2. The fourth-order valence-electron chi connectivity index (χ4n) is 3.88. The van der Waals surface area contributed by atoms with Gasteiger partial charge >= 0.3 is 6.03 Å². The Labute approximate surface area is 169 Å². The second-order valence-electron chi connectivity index (χ2n) is 7.60. The molecule has 4 rings (SSSR count). The van der Waals surface area contributed by atoms with Crippen LogP contribution in [0.2, 0.25) is 0 Å². The number of nitrogens with zero attached hydrogens (tertiary/aromatic N) is 2. The summed E-state index contributed by atoms with van der Waals surface area (Å²) in [5, 5.41) is 5.47. The van der Waals surface area contributed by atoms with E-state index in [0.29, 0.717) is 11.3 Å². The molecule has 2 saturated heterocycles. The lowest BCUT2D eigenvalue weighted by Gasteiger charge is -2.22. The minimum Gasteiger partial charge on any atom is -0.372 e. The maximum Gasteiger partial charge on any atom is 0.325 e. The van der Waals surface area contributed by atoms with Crippen molar-refractivity contribution in [1.82, 2.24) is 10.2 Å². The molecule has 2 aliphatic heterocycles. The molecule has 0 bridgehead atoms. The van der Waals surface area contributed by atoms with Crippen molar-refractivity contribution >= 4 is 29.2 Å². The third-order valence-electron chi connectivity index (χ3n) is 5.55. The van der Waals surface area contributed by atoms with Gasteiger partial charge in [0.25, 0.3) is 5.91 Å². The van der Waals surface area contributed by atoms with Gasteiger partial charge in [-0.25, -0.2) is 4.79 Å². The largest absolute Gasteiger partial charge is 0.372 e. The Morgan fingerprint density at radius 2 is 1.69 bits per heavy atom. The van der Waals surface area contributed by atoms with Crippen molar-refractivity contribution in [2.75, 3.05) is 29.9 Å². The third-order valence-corrected chi connectivity index (χ3v) is 5.55. The van der Waals surface area contributed by atoms with E-state index in [1.807, 2.05) is 30.3 Å². The highest BCUT2D eigenvalue weighted by molar-refractivity contribution is 6.10. The van der Waals surface area contributed by atoms with Crippen molar-refractivity contribution < 1.29 is 14.4 Å². The normalized spacial score (nSPS) is 21.4. The van der Waals surface area contributed by atoms with Crippen molar-refractivity contribution in [3.05, 3.63) is 60.2 Å². The Morgan fingerprint density at radius 3 is 2.34 bits per heavy atom. The number of imide groups is 1. The molecule has 7 heteroatoms. The summed E-state index contributed by atoms with van der Waals surface area (Å²) in [4.78, 5) is 41.0. The van der Waals surface area contributed by atoms with E-state index in [1.54, 1.807) is 31.2 Å². The molecule has 2 fully saturated rings. The molecule has 0 unspecified atom stereocenters. The Kier molecular flexibility index (Phi) is 4.96. The van der Waals surface area contributed by atoms with Crippen LogP contribution in [0.4, 0.5) is 16.2 Å². The zero-order valence-corrected chi connectivity index (χ0v) is 16.4. The molecule has 2 aliphatic rings. The van der Waals surface area contributed by atoms with E-state index in [2.05, 4.69) is 15.5 Å². The zero-order valence-electron chi connectivity index (χ0n) is 16.4. The molecule has 29 heavy (non-hydrogen) atoms. The van der Waals surface area contributed by atoms with Gasteiger partial charge in [-0.2, -0.15) is 0 Å². The maximum atomic E-state index is 12.9. The Balaban J connectivity index is 1.40. The number of anilines is 2. The van der Waals surface area contributed by atoms with Crippen LogP contribution >= 0.6 is 0 Å². The molecular formula is C22H24N4O3. The van der Waals surface area contributed by atoms with Crippen LogP contribution in [0.25, 0.3) is 0 Å². The van der Waals surface area contributed by atoms with Crippen molar-refractivity contribution in [1.29, 1.82) is 0 Å². The van der Waals surface area contributed by atoms with Crippen molar-refractivity contribution in [3.8, 4) is 0 Å². The maximum absolute atomic E-state index is 12.9. The fourth-order valence-corrected chi connectivity index (χ4v) is 3.88. The summed E-state index contributed by atoms with van der Waals surface area (Å²) < 4.78 is 0. The second-order valence-corrected chi connectivity index (χ2v) is 7.60. The number of carbonyl (C=O) groups excluding carboxylic acids is 3. The zero-order chi connectivity index (χ0) is 20.4. The third kappa shape index (κ3) is 3.68. The molecule has 0 aliphatic carbocycles. The lowest BCUT2D eigenvalue weighted by molar-refractivity contribution is -0.133. The first-order chi connectivity index (χ1) is 14.0. The number of urea groups is 1. The van der Waals surface area contributed by atoms with Crippen LogP contribution in [0.5, 0.6) is 0 Å². The van der Waals surface area contributed by atoms with Crippen LogP contribution in [0.15, 0.2) is 54.6 Å². The predicted molar refractivity (Wildman–Crippen MR) is 111 cm³/mol. The van der Waals surface area contributed by atoms with Gasteiger partial charge in [-0.05, 0) is 49.6 Å². The number of amides is 4. The molecule has 0 radical (unpaired) electrons. The van der Waals surface area contributed by atoms with E-state index >= 15 is 0 Å². The summed E-state index contributed by atoms with van der Waals surface area (Å²) in [5.41, 5.74) is 1.28. The van der Waals surface area contributed by atoms with Crippen LogP contribution in [0, 0.1) is 0 Å². The summed E-state index contributed by atoms with van der Waals surface area (Å²) >= 11 is 0. The summed E-state index contributed by atoms with van der Waals surface area (Å²) in [5.74, 6) is -0.854. The van der Waals surface area contributed by atoms with Crippen molar-refractivity contribution in [2.45, 2.75) is 25.3 Å². The quantitative estimate of drug-likeness (QED) is 0.767. The van der Waals surface area contributed by atoms with E-state index in [0.717, 1.165) is 23.7 Å². The van der Waals surface area contributed by atoms with E-state index in [1.165, 1.54) is 12.8 Å². The summed E-state index contributed by atoms with van der Waals surface area (Å²) in [6.07, 6.45) is 2.40. The topological polar surface area (TPSA) is 81.8 Å². The standard InChI is InChI=1S/C22H24N4O3/c1-22(16-7-3-2-4-8-16)20(28)26(21(29)24-22)15-19(27)23-17-9-11-18(12-10-17)25-13-5-6-14-25/h2-4,7-12H,5-6,13-15H2,1H3,(H,23,27)(H,24,29)/t22-/m0/s1. The number of benzene rings is 2. The highest BCUT2D eigenvalue weighted by Gasteiger charge is 2.49. The molecule has 150 valence electrons. The Morgan fingerprint density at radius 1 is 1.03 bits per heavy atom. The molecular weight excluding hydrogens is 368 g/mol. The van der Waals surface area contributed by atoms with E-state index in [9.17, 15) is 14.4 Å². The van der Waals surface area contributed by atoms with Crippen LogP contribution in [0.1, 0.15) is 25.3 Å². The SMILES string of the molecule is C[C@@]1(c2ccccc2)NC(=O)N(CC(=O)Nc2ccc(N3CCCC3)cc2)C1=O. The van der Waals surface area contributed by atoms with Gasteiger partial charge in [-0.1, -0.05) is 30.3 Å². The number of rotatable bonds is 5. The first kappa shape index (κ1) is 19.0. The van der Waals surface area contributed by atoms with Gasteiger partial charge in [0.2, 0.25) is 5.91 Å². The van der Waals surface area contributed by atoms with Gasteiger partial charge in [-0.15, -0.1) is 0 Å². The molecule has 0 spiro atoms. The van der Waals surface area contributed by atoms with Gasteiger partial charge in [0.1, 0.15) is 12.1 Å². The van der Waals surface area contributed by atoms with Gasteiger partial charge < -0.3 is 15.5 Å². The molecule has 2 heterocycles. The second kappa shape index (κ2) is 7.58. The fraction of sp³-hybridized carbons (Fsp3) is 0.318. The van der Waals surface area contributed by atoms with E-state index < -0.39 is 23.4 Å². The number of carbonyl (C=O) groups is 3. The monoisotopic (exact) mass is 392 g/mol. The average molecular weight is 392 g/mol. The van der Waals surface area contributed by atoms with Crippen LogP contribution in [-0.2, 0) is 15.1 Å². The minimum atomic E-state index is -1.17. The minimum absolute atomic E-state index is 0.332. The Bertz CT molecular complexity index is 923. The lowest BCUT2D eigenvalue weighted by Crippen LogP contribution is -2.42. The summed E-state index contributed by atoms with van der Waals surface area (Å²) in [7, 11) is 0. The molecule has 2 aromatic carbocycles. The molecule has 0 aromatic heterocycles. The first-order valence-corrected chi connectivity index (χ1v) is 9.82. The predicted octanol–water partition coefficient (Wildman–Crippen LogP) is 2.69. The van der Waals surface area contributed by atoms with Gasteiger partial charge in [0.15, 0.2) is 0 Å². The smallest absolute Gasteiger partial charge is 0.325 e. The highest BCUT2D eigenvalue weighted by atomic mass is 16.2. The van der Waals surface area contributed by atoms with E-state index in [-0.39, 0.29) is 6.54 Å². The van der Waals surface area contributed by atoms with Crippen LogP contribution in [-0.4, -0.2) is 42.4 Å². The molecule has 4 amide bonds. The van der Waals surface area contributed by atoms with Gasteiger partial charge in [-0.3, -0.25) is 14.5 Å². The summed E-state index contributed by atoms with van der Waals surface area (Å²) in [6, 6.07) is 16.1. The van der Waals surface area contributed by atoms with Crippen LogP contribution < -0.4 is 15.5 Å². The Hall–Kier alpha value is -3.35. The molecule has 0 saturated carbocycles. The lowest BCUT2D eigenvalue weighted by atomic mass is 9.92. The van der Waals surface area contributed by atoms with Gasteiger partial charge in [0, 0.05) is 24.5 Å². The van der Waals surface area contributed by atoms with Crippen LogP contribution in [0.3, 0.4) is 0 Å². The average Bonchev–Trinajstić information content (AvgIpc) is 3.33. The highest BCUT2D eigenvalue weighted by Crippen LogP contribution is 2.28. The van der Waals surface area contributed by atoms with E-state index in [4.69, 9.17) is 0 Å². The number of hydrogen-bond acceptors (Lipinski definition) is 4. The van der Waals surface area contributed by atoms with Crippen molar-refractivity contribution in [2.24, 2.45) is 0 Å². The van der Waals surface area contributed by atoms with Gasteiger partial charge in [0.05, 0.1) is 0 Å². The molecule has 1 atom stereocenters. The summed E-state index contributed by atoms with van der Waals surface area (Å²) in [6.45, 7) is 3.43. The first-order valence-electron chi connectivity index (χ1n) is 9.82. The molecule has 2 N–H and O–H groups in total. The molecule has 7 nitrogen and oxygen atoms in total. The molecule has 2 aromatic rings. The van der Waals surface area contributed by atoms with Crippen molar-refractivity contribution in [3.63, 3.8) is 0 Å².